The fourth-order valence-corrected chi connectivity index (χ4v) is 3.05. The van der Waals surface area contributed by atoms with E-state index in [9.17, 15) is 0 Å². The smallest absolute Gasteiger partial charge is 0.0720 e. The molecule has 1 aliphatic rings. The van der Waals surface area contributed by atoms with Crippen molar-refractivity contribution < 1.29 is 0 Å². The summed E-state index contributed by atoms with van der Waals surface area (Å²) in [6.45, 7) is 6.68. The van der Waals surface area contributed by atoms with Crippen LogP contribution in [0.3, 0.4) is 0 Å². The molecule has 3 rings (SSSR count). The molecule has 0 aliphatic heterocycles. The minimum atomic E-state index is 0.879. The van der Waals surface area contributed by atoms with Gasteiger partial charge in [-0.15, -0.1) is 0 Å². The van der Waals surface area contributed by atoms with E-state index in [-0.39, 0.29) is 0 Å². The second-order valence-corrected chi connectivity index (χ2v) is 6.39. The second kappa shape index (κ2) is 7.31. The Morgan fingerprint density at radius 3 is 2.08 bits per heavy atom. The minimum absolute atomic E-state index is 0.879. The van der Waals surface area contributed by atoms with Crippen LogP contribution in [0.1, 0.15) is 39.2 Å². The van der Waals surface area contributed by atoms with E-state index >= 15 is 0 Å². The van der Waals surface area contributed by atoms with Crippen LogP contribution in [0.15, 0.2) is 88.1 Å². The number of allylic oxidation sites excluding steroid dienone is 4. The third-order valence-electron chi connectivity index (χ3n) is 4.79. The quantitative estimate of drug-likeness (QED) is 0.535. The van der Waals surface area contributed by atoms with Crippen molar-refractivity contribution in [1.82, 2.24) is 0 Å². The first kappa shape index (κ1) is 16.3. The lowest BCUT2D eigenvalue weighted by molar-refractivity contribution is 1.08. The molecule has 0 saturated carbocycles. The first-order chi connectivity index (χ1) is 11.6. The Kier molecular flexibility index (Phi) is 4.95. The molecule has 2 heteroatoms. The Balaban J connectivity index is 1.87. The predicted octanol–water partition coefficient (Wildman–Crippen LogP) is 5.95. The van der Waals surface area contributed by atoms with Gasteiger partial charge in [-0.1, -0.05) is 59.7 Å². The summed E-state index contributed by atoms with van der Waals surface area (Å²) in [7, 11) is 0. The molecule has 0 bridgehead atoms. The molecule has 0 spiro atoms. The van der Waals surface area contributed by atoms with Gasteiger partial charge >= 0.3 is 0 Å². The van der Waals surface area contributed by atoms with Gasteiger partial charge in [-0.3, -0.25) is 5.43 Å². The first-order valence-electron chi connectivity index (χ1n) is 8.43. The van der Waals surface area contributed by atoms with Crippen LogP contribution >= 0.6 is 0 Å². The molecule has 0 heterocycles. The largest absolute Gasteiger partial charge is 0.278 e. The molecule has 0 radical (unpaired) electrons. The number of anilines is 1. The summed E-state index contributed by atoms with van der Waals surface area (Å²) in [5, 5.41) is 4.73. The number of hydrogen-bond acceptors (Lipinski definition) is 2. The fourth-order valence-electron chi connectivity index (χ4n) is 3.05. The van der Waals surface area contributed by atoms with E-state index in [1.165, 1.54) is 27.9 Å². The molecule has 0 saturated heterocycles. The van der Waals surface area contributed by atoms with Crippen LogP contribution in [0.4, 0.5) is 5.69 Å². The van der Waals surface area contributed by atoms with Crippen molar-refractivity contribution in [2.24, 2.45) is 5.10 Å². The van der Waals surface area contributed by atoms with Crippen molar-refractivity contribution in [1.29, 1.82) is 0 Å². The number of hydrogen-bond donors (Lipinski definition) is 1. The number of para-hydroxylation sites is 1. The van der Waals surface area contributed by atoms with Crippen LogP contribution < -0.4 is 5.43 Å². The van der Waals surface area contributed by atoms with E-state index < -0.39 is 0 Å². The third-order valence-corrected chi connectivity index (χ3v) is 4.79. The SMILES string of the molecule is CC1=C(C)C(C)=C(CC(=NNc2ccccc2)c2ccccc2)C1. The maximum Gasteiger partial charge on any atom is 0.0720 e. The number of nitrogens with one attached hydrogen (secondary N) is 1. The summed E-state index contributed by atoms with van der Waals surface area (Å²) in [4.78, 5) is 0. The van der Waals surface area contributed by atoms with Crippen LogP contribution in [0.25, 0.3) is 0 Å². The van der Waals surface area contributed by atoms with Crippen molar-refractivity contribution in [2.75, 3.05) is 5.43 Å². The normalized spacial score (nSPS) is 15.2. The highest BCUT2D eigenvalue weighted by molar-refractivity contribution is 6.02. The van der Waals surface area contributed by atoms with Crippen LogP contribution in [0, 0.1) is 0 Å². The van der Waals surface area contributed by atoms with Crippen molar-refractivity contribution in [3.8, 4) is 0 Å². The van der Waals surface area contributed by atoms with Crippen molar-refractivity contribution in [3.63, 3.8) is 0 Å². The molecule has 0 fully saturated rings. The molecule has 2 aromatic carbocycles. The van der Waals surface area contributed by atoms with Crippen LogP contribution in [-0.2, 0) is 0 Å². The standard InChI is InChI=1S/C22H24N2/c1-16-14-20(18(3)17(16)2)15-22(19-10-6-4-7-11-19)24-23-21-12-8-5-9-13-21/h4-13,23H,14-15H2,1-3H3. The second-order valence-electron chi connectivity index (χ2n) is 6.39. The molecular formula is C22H24N2. The fraction of sp³-hybridized carbons (Fsp3) is 0.227. The van der Waals surface area contributed by atoms with Gasteiger partial charge in [-0.05, 0) is 56.0 Å². The van der Waals surface area contributed by atoms with E-state index in [0.717, 1.165) is 24.2 Å². The molecule has 1 N–H and O–H groups in total. The van der Waals surface area contributed by atoms with E-state index in [4.69, 9.17) is 5.10 Å². The van der Waals surface area contributed by atoms with Gasteiger partial charge < -0.3 is 0 Å². The van der Waals surface area contributed by atoms with Gasteiger partial charge in [0.15, 0.2) is 0 Å². The van der Waals surface area contributed by atoms with E-state index in [1.807, 2.05) is 36.4 Å². The zero-order valence-electron chi connectivity index (χ0n) is 14.6. The topological polar surface area (TPSA) is 24.4 Å². The van der Waals surface area contributed by atoms with Crippen LogP contribution in [0.2, 0.25) is 0 Å². The monoisotopic (exact) mass is 316 g/mol. The Morgan fingerprint density at radius 1 is 0.875 bits per heavy atom. The average molecular weight is 316 g/mol. The van der Waals surface area contributed by atoms with Crippen molar-refractivity contribution >= 4 is 11.4 Å². The highest BCUT2D eigenvalue weighted by Gasteiger charge is 2.18. The summed E-state index contributed by atoms with van der Waals surface area (Å²) < 4.78 is 0. The molecule has 0 amide bonds. The van der Waals surface area contributed by atoms with Crippen LogP contribution in [-0.4, -0.2) is 5.71 Å². The summed E-state index contributed by atoms with van der Waals surface area (Å²) >= 11 is 0. The molecule has 122 valence electrons. The number of nitrogens with zero attached hydrogens (tertiary/aromatic N) is 1. The minimum Gasteiger partial charge on any atom is -0.278 e. The zero-order chi connectivity index (χ0) is 16.9. The highest BCUT2D eigenvalue weighted by Crippen LogP contribution is 2.34. The lowest BCUT2D eigenvalue weighted by Gasteiger charge is -2.11. The number of hydrazone groups is 1. The van der Waals surface area contributed by atoms with Gasteiger partial charge in [-0.25, -0.2) is 0 Å². The predicted molar refractivity (Wildman–Crippen MR) is 103 cm³/mol. The molecule has 2 nitrogen and oxygen atoms in total. The average Bonchev–Trinajstić information content (AvgIpc) is 2.87. The molecule has 0 atom stereocenters. The summed E-state index contributed by atoms with van der Waals surface area (Å²) in [5.41, 5.74) is 12.3. The molecule has 24 heavy (non-hydrogen) atoms. The van der Waals surface area contributed by atoms with Gasteiger partial charge in [-0.2, -0.15) is 5.10 Å². The van der Waals surface area contributed by atoms with E-state index in [0.29, 0.717) is 0 Å². The van der Waals surface area contributed by atoms with Gasteiger partial charge in [0, 0.05) is 6.42 Å². The van der Waals surface area contributed by atoms with Gasteiger partial charge in [0.05, 0.1) is 11.4 Å². The number of rotatable bonds is 5. The molecule has 0 aromatic heterocycles. The Morgan fingerprint density at radius 2 is 1.50 bits per heavy atom. The molecule has 1 aliphatic carbocycles. The van der Waals surface area contributed by atoms with Gasteiger partial charge in [0.2, 0.25) is 0 Å². The molecular weight excluding hydrogens is 292 g/mol. The number of benzene rings is 2. The third kappa shape index (κ3) is 3.65. The summed E-state index contributed by atoms with van der Waals surface area (Å²) in [6, 6.07) is 20.5. The molecule has 2 aromatic rings. The lowest BCUT2D eigenvalue weighted by atomic mass is 9.98. The van der Waals surface area contributed by atoms with E-state index in [2.05, 4.69) is 50.5 Å². The first-order valence-corrected chi connectivity index (χ1v) is 8.43. The van der Waals surface area contributed by atoms with Gasteiger partial charge in [0.1, 0.15) is 0 Å². The summed E-state index contributed by atoms with van der Waals surface area (Å²) in [5.74, 6) is 0. The summed E-state index contributed by atoms with van der Waals surface area (Å²) in [6.07, 6.45) is 1.94. The van der Waals surface area contributed by atoms with Crippen molar-refractivity contribution in [3.05, 3.63) is 88.5 Å². The highest BCUT2D eigenvalue weighted by atomic mass is 15.3. The molecule has 0 unspecified atom stereocenters. The van der Waals surface area contributed by atoms with Gasteiger partial charge in [0.25, 0.3) is 0 Å². The maximum atomic E-state index is 4.73. The maximum absolute atomic E-state index is 4.73. The lowest BCUT2D eigenvalue weighted by Crippen LogP contribution is -2.06. The Hall–Kier alpha value is -2.61. The Labute approximate surface area is 144 Å². The Bertz CT molecular complexity index is 796. The van der Waals surface area contributed by atoms with Crippen molar-refractivity contribution in [2.45, 2.75) is 33.6 Å². The van der Waals surface area contributed by atoms with Crippen LogP contribution in [0.5, 0.6) is 0 Å². The zero-order valence-corrected chi connectivity index (χ0v) is 14.6. The van der Waals surface area contributed by atoms with E-state index in [1.54, 1.807) is 0 Å².